The Morgan fingerprint density at radius 2 is 1.83 bits per heavy atom. The minimum Gasteiger partial charge on any atom is -0.352 e. The predicted octanol–water partition coefficient (Wildman–Crippen LogP) is 3.40. The molecule has 0 radical (unpaired) electrons. The third-order valence-corrected chi connectivity index (χ3v) is 8.80. The topological polar surface area (TPSA) is 104 Å². The zero-order valence-corrected chi connectivity index (χ0v) is 21.6. The van der Waals surface area contributed by atoms with Gasteiger partial charge in [-0.1, -0.05) is 61.7 Å². The number of hydrogen-bond donors (Lipinski definition) is 1. The van der Waals surface area contributed by atoms with Crippen molar-refractivity contribution in [1.82, 2.24) is 14.5 Å². The summed E-state index contributed by atoms with van der Waals surface area (Å²) in [6, 6.07) is 13.2. The first-order valence-electron chi connectivity index (χ1n) is 12.5. The molecule has 2 aromatic carbocycles. The van der Waals surface area contributed by atoms with Crippen LogP contribution in [0, 0.1) is 6.92 Å². The van der Waals surface area contributed by atoms with E-state index >= 15 is 0 Å². The van der Waals surface area contributed by atoms with Crippen molar-refractivity contribution in [2.45, 2.75) is 75.9 Å². The fourth-order valence-corrected chi connectivity index (χ4v) is 6.66. The van der Waals surface area contributed by atoms with Gasteiger partial charge in [0, 0.05) is 25.6 Å². The summed E-state index contributed by atoms with van der Waals surface area (Å²) >= 11 is 0. The highest BCUT2D eigenvalue weighted by Gasteiger charge is 2.41. The molecule has 4 rings (SSSR count). The molecular weight excluding hydrogens is 478 g/mol. The van der Waals surface area contributed by atoms with Gasteiger partial charge in [0.25, 0.3) is 15.9 Å². The molecular formula is C27H33N3O5S. The molecule has 1 heterocycles. The van der Waals surface area contributed by atoms with Gasteiger partial charge in [-0.05, 0) is 43.9 Å². The van der Waals surface area contributed by atoms with E-state index in [0.717, 1.165) is 41.1 Å². The normalized spacial score (nSPS) is 17.6. The standard InChI is InChI=1S/C27H33N3O5S/c1-3-23(26(32)28-21-11-4-5-12-21)29(18-20-10-8-9-19(2)17-20)25(31)15-16-30-27(33)22-13-6-7-14-24(22)36(30,34)35/h6-10,13-14,17,21,23H,3-5,11-12,15-16,18H2,1-2H3,(H,28,32)/t23-/m1/s1. The molecule has 192 valence electrons. The van der Waals surface area contributed by atoms with Gasteiger partial charge < -0.3 is 10.2 Å². The van der Waals surface area contributed by atoms with E-state index in [-0.39, 0.29) is 47.8 Å². The van der Waals surface area contributed by atoms with Gasteiger partial charge in [0.05, 0.1) is 5.56 Å². The average molecular weight is 512 g/mol. The molecule has 0 spiro atoms. The second-order valence-corrected chi connectivity index (χ2v) is 11.4. The Kier molecular flexibility index (Phi) is 7.78. The van der Waals surface area contributed by atoms with Crippen molar-refractivity contribution in [2.75, 3.05) is 6.54 Å². The molecule has 3 amide bonds. The minimum atomic E-state index is -4.01. The number of nitrogens with one attached hydrogen (secondary N) is 1. The molecule has 0 aromatic heterocycles. The van der Waals surface area contributed by atoms with Gasteiger partial charge in [-0.3, -0.25) is 14.4 Å². The van der Waals surface area contributed by atoms with Gasteiger partial charge in [-0.15, -0.1) is 0 Å². The van der Waals surface area contributed by atoms with E-state index in [1.807, 2.05) is 38.1 Å². The Balaban J connectivity index is 1.54. The molecule has 0 unspecified atom stereocenters. The fourth-order valence-electron chi connectivity index (χ4n) is 5.09. The van der Waals surface area contributed by atoms with Crippen LogP contribution in [0.1, 0.15) is 66.9 Å². The molecule has 8 nitrogen and oxygen atoms in total. The van der Waals surface area contributed by atoms with Crippen molar-refractivity contribution in [3.05, 3.63) is 65.2 Å². The van der Waals surface area contributed by atoms with Crippen molar-refractivity contribution in [3.8, 4) is 0 Å². The van der Waals surface area contributed by atoms with Crippen LogP contribution < -0.4 is 5.32 Å². The molecule has 0 saturated heterocycles. The predicted molar refractivity (Wildman–Crippen MR) is 135 cm³/mol. The van der Waals surface area contributed by atoms with Crippen molar-refractivity contribution in [1.29, 1.82) is 0 Å². The van der Waals surface area contributed by atoms with E-state index in [4.69, 9.17) is 0 Å². The Bertz CT molecular complexity index is 1250. The summed E-state index contributed by atoms with van der Waals surface area (Å²) in [5.74, 6) is -1.19. The van der Waals surface area contributed by atoms with Gasteiger partial charge in [0.15, 0.2) is 0 Å². The monoisotopic (exact) mass is 511 g/mol. The fraction of sp³-hybridized carbons (Fsp3) is 0.444. The second kappa shape index (κ2) is 10.8. The van der Waals surface area contributed by atoms with E-state index < -0.39 is 22.0 Å². The molecule has 1 aliphatic carbocycles. The van der Waals surface area contributed by atoms with Gasteiger partial charge >= 0.3 is 0 Å². The van der Waals surface area contributed by atoms with E-state index in [1.54, 1.807) is 12.1 Å². The number of nitrogens with zero attached hydrogens (tertiary/aromatic N) is 2. The molecule has 1 fully saturated rings. The summed E-state index contributed by atoms with van der Waals surface area (Å²) < 4.78 is 26.6. The summed E-state index contributed by atoms with van der Waals surface area (Å²) in [4.78, 5) is 41.0. The summed E-state index contributed by atoms with van der Waals surface area (Å²) in [6.07, 6.45) is 4.23. The van der Waals surface area contributed by atoms with Crippen LogP contribution in [0.3, 0.4) is 0 Å². The summed E-state index contributed by atoms with van der Waals surface area (Å²) in [7, 11) is -4.01. The quantitative estimate of drug-likeness (QED) is 0.556. The minimum absolute atomic E-state index is 0.0403. The number of aryl methyl sites for hydroxylation is 1. The Morgan fingerprint density at radius 3 is 2.50 bits per heavy atom. The highest BCUT2D eigenvalue weighted by atomic mass is 32.2. The lowest BCUT2D eigenvalue weighted by molar-refractivity contribution is -0.141. The van der Waals surface area contributed by atoms with Crippen LogP contribution >= 0.6 is 0 Å². The van der Waals surface area contributed by atoms with Gasteiger partial charge in [0.1, 0.15) is 10.9 Å². The lowest BCUT2D eigenvalue weighted by atomic mass is 10.1. The van der Waals surface area contributed by atoms with E-state index in [2.05, 4.69) is 5.32 Å². The number of benzene rings is 2. The maximum atomic E-state index is 13.5. The maximum absolute atomic E-state index is 13.5. The highest BCUT2D eigenvalue weighted by Crippen LogP contribution is 2.30. The smallest absolute Gasteiger partial charge is 0.269 e. The van der Waals surface area contributed by atoms with Crippen molar-refractivity contribution < 1.29 is 22.8 Å². The Morgan fingerprint density at radius 1 is 1.11 bits per heavy atom. The van der Waals surface area contributed by atoms with Crippen LogP contribution in [0.25, 0.3) is 0 Å². The third kappa shape index (κ3) is 5.31. The lowest BCUT2D eigenvalue weighted by Gasteiger charge is -2.32. The number of rotatable bonds is 9. The van der Waals surface area contributed by atoms with Crippen LogP contribution in [0.15, 0.2) is 53.4 Å². The van der Waals surface area contributed by atoms with Crippen LogP contribution in [-0.2, 0) is 26.2 Å². The molecule has 1 atom stereocenters. The number of sulfonamides is 1. The molecule has 1 saturated carbocycles. The van der Waals surface area contributed by atoms with Crippen molar-refractivity contribution >= 4 is 27.7 Å². The first kappa shape index (κ1) is 25.9. The van der Waals surface area contributed by atoms with Gasteiger partial charge in [-0.2, -0.15) is 0 Å². The summed E-state index contributed by atoms with van der Waals surface area (Å²) in [5.41, 5.74) is 2.03. The largest absolute Gasteiger partial charge is 0.352 e. The zero-order valence-electron chi connectivity index (χ0n) is 20.8. The molecule has 36 heavy (non-hydrogen) atoms. The maximum Gasteiger partial charge on any atom is 0.269 e. The van der Waals surface area contributed by atoms with E-state index in [1.165, 1.54) is 17.0 Å². The number of amides is 3. The zero-order chi connectivity index (χ0) is 25.9. The summed E-state index contributed by atoms with van der Waals surface area (Å²) in [6.45, 7) is 3.76. The lowest BCUT2D eigenvalue weighted by Crippen LogP contribution is -2.51. The Labute approximate surface area is 212 Å². The molecule has 9 heteroatoms. The van der Waals surface area contributed by atoms with Crippen molar-refractivity contribution in [3.63, 3.8) is 0 Å². The SMILES string of the molecule is CC[C@H](C(=O)NC1CCCC1)N(Cc1cccc(C)c1)C(=O)CCN1C(=O)c2ccccc2S1(=O)=O. The van der Waals surface area contributed by atoms with Crippen LogP contribution in [0.5, 0.6) is 0 Å². The molecule has 2 aromatic rings. The molecule has 2 aliphatic rings. The highest BCUT2D eigenvalue weighted by molar-refractivity contribution is 7.90. The van der Waals surface area contributed by atoms with Crippen molar-refractivity contribution in [2.24, 2.45) is 0 Å². The summed E-state index contributed by atoms with van der Waals surface area (Å²) in [5, 5.41) is 3.10. The van der Waals surface area contributed by atoms with Crippen LogP contribution in [0.2, 0.25) is 0 Å². The Hall–Kier alpha value is -3.20. The molecule has 1 N–H and O–H groups in total. The molecule has 0 bridgehead atoms. The van der Waals surface area contributed by atoms with E-state index in [0.29, 0.717) is 6.42 Å². The van der Waals surface area contributed by atoms with Crippen LogP contribution in [0.4, 0.5) is 0 Å². The van der Waals surface area contributed by atoms with Crippen LogP contribution in [-0.4, -0.2) is 54.0 Å². The average Bonchev–Trinajstić information content (AvgIpc) is 3.42. The van der Waals surface area contributed by atoms with Gasteiger partial charge in [-0.25, -0.2) is 12.7 Å². The van der Waals surface area contributed by atoms with E-state index in [9.17, 15) is 22.8 Å². The first-order chi connectivity index (χ1) is 17.2. The number of fused-ring (bicyclic) bond motifs is 1. The second-order valence-electron chi connectivity index (χ2n) is 9.55. The number of carbonyl (C=O) groups excluding carboxylic acids is 3. The first-order valence-corrected chi connectivity index (χ1v) is 14.0. The molecule has 1 aliphatic heterocycles. The van der Waals surface area contributed by atoms with Gasteiger partial charge in [0.2, 0.25) is 11.8 Å². The number of carbonyl (C=O) groups is 3. The third-order valence-electron chi connectivity index (χ3n) is 6.96. The number of hydrogen-bond acceptors (Lipinski definition) is 5.